The number of aliphatic hydroxyl groups excluding tert-OH is 1. The molecule has 1 rings (SSSR count). The van der Waals surface area contributed by atoms with Crippen molar-refractivity contribution in [2.75, 3.05) is 0 Å². The van der Waals surface area contributed by atoms with Gasteiger partial charge in [-0.1, -0.05) is 64.7 Å². The Hall–Kier alpha value is -1.29. The fraction of sp³-hybridized carbons (Fsp3) is 0.706. The van der Waals surface area contributed by atoms with E-state index in [1.807, 2.05) is 0 Å². The molecule has 2 N–H and O–H groups in total. The normalized spacial score (nSPS) is 12.5. The monoisotopic (exact) mass is 296 g/mol. The maximum absolute atomic E-state index is 10.7. The van der Waals surface area contributed by atoms with Crippen molar-refractivity contribution in [1.29, 1.82) is 0 Å². The van der Waals surface area contributed by atoms with Crippen LogP contribution >= 0.6 is 0 Å². The number of furan rings is 1. The van der Waals surface area contributed by atoms with Gasteiger partial charge in [0.15, 0.2) is 0 Å². The minimum atomic E-state index is -1.10. The van der Waals surface area contributed by atoms with E-state index in [1.165, 1.54) is 51.0 Å². The van der Waals surface area contributed by atoms with E-state index in [4.69, 9.17) is 9.52 Å². The highest BCUT2D eigenvalue weighted by molar-refractivity contribution is 5.84. The zero-order valence-corrected chi connectivity index (χ0v) is 13.0. The third-order valence-corrected chi connectivity index (χ3v) is 3.75. The number of aliphatic hydroxyl groups is 1. The van der Waals surface area contributed by atoms with Crippen LogP contribution in [0.25, 0.3) is 0 Å². The number of rotatable bonds is 12. The highest BCUT2D eigenvalue weighted by atomic mass is 16.4. The molecular formula is C17H28O4. The Bertz CT molecular complexity index is 397. The second kappa shape index (κ2) is 10.4. The van der Waals surface area contributed by atoms with Gasteiger partial charge in [-0.25, -0.2) is 4.79 Å². The van der Waals surface area contributed by atoms with Crippen LogP contribution in [0.3, 0.4) is 0 Å². The summed E-state index contributed by atoms with van der Waals surface area (Å²) in [5, 5.41) is 18.7. The van der Waals surface area contributed by atoms with Gasteiger partial charge in [-0.2, -0.15) is 0 Å². The molecule has 0 bridgehead atoms. The highest BCUT2D eigenvalue weighted by Crippen LogP contribution is 2.22. The predicted octanol–water partition coefficient (Wildman–Crippen LogP) is 4.93. The molecule has 1 aromatic rings. The van der Waals surface area contributed by atoms with E-state index >= 15 is 0 Å². The Morgan fingerprint density at radius 2 is 1.62 bits per heavy atom. The van der Waals surface area contributed by atoms with Crippen LogP contribution in [0.4, 0.5) is 0 Å². The fourth-order valence-corrected chi connectivity index (χ4v) is 2.44. The van der Waals surface area contributed by atoms with Crippen LogP contribution in [-0.4, -0.2) is 16.2 Å². The Morgan fingerprint density at radius 3 is 2.14 bits per heavy atom. The molecule has 0 fully saturated rings. The van der Waals surface area contributed by atoms with E-state index < -0.39 is 12.1 Å². The lowest BCUT2D eigenvalue weighted by Gasteiger charge is -2.07. The molecule has 1 aromatic heterocycles. The van der Waals surface area contributed by atoms with E-state index in [0.717, 1.165) is 12.8 Å². The zero-order chi connectivity index (χ0) is 15.5. The molecule has 1 heterocycles. The molecule has 0 saturated heterocycles. The number of aromatic carboxylic acids is 1. The van der Waals surface area contributed by atoms with Crippen LogP contribution in [-0.2, 0) is 0 Å². The molecule has 21 heavy (non-hydrogen) atoms. The van der Waals surface area contributed by atoms with Crippen molar-refractivity contribution in [3.8, 4) is 0 Å². The number of carbonyl (C=O) groups is 1. The second-order valence-corrected chi connectivity index (χ2v) is 5.64. The minimum Gasteiger partial charge on any atom is -0.475 e. The van der Waals surface area contributed by atoms with Crippen molar-refractivity contribution in [2.24, 2.45) is 0 Å². The van der Waals surface area contributed by atoms with Crippen molar-refractivity contribution < 1.29 is 19.4 Å². The molecule has 0 amide bonds. The average molecular weight is 296 g/mol. The van der Waals surface area contributed by atoms with Gasteiger partial charge in [-0.05, 0) is 18.6 Å². The van der Waals surface area contributed by atoms with Gasteiger partial charge >= 0.3 is 5.97 Å². The summed E-state index contributed by atoms with van der Waals surface area (Å²) in [6.45, 7) is 2.23. The maximum atomic E-state index is 10.7. The molecule has 1 unspecified atom stereocenters. The van der Waals surface area contributed by atoms with Crippen molar-refractivity contribution in [1.82, 2.24) is 0 Å². The third-order valence-electron chi connectivity index (χ3n) is 3.75. The summed E-state index contributed by atoms with van der Waals surface area (Å²) in [5.41, 5.74) is 0. The summed E-state index contributed by atoms with van der Waals surface area (Å²) in [6.07, 6.45) is 11.1. The van der Waals surface area contributed by atoms with Crippen LogP contribution in [0.5, 0.6) is 0 Å². The number of hydrogen-bond donors (Lipinski definition) is 2. The van der Waals surface area contributed by atoms with E-state index in [9.17, 15) is 9.90 Å². The van der Waals surface area contributed by atoms with Crippen molar-refractivity contribution in [3.63, 3.8) is 0 Å². The molecular weight excluding hydrogens is 268 g/mol. The Kier molecular flexibility index (Phi) is 8.83. The molecule has 0 aliphatic carbocycles. The lowest BCUT2D eigenvalue weighted by atomic mass is 10.0. The van der Waals surface area contributed by atoms with Gasteiger partial charge in [0.1, 0.15) is 11.9 Å². The molecule has 0 spiro atoms. The van der Waals surface area contributed by atoms with Crippen LogP contribution < -0.4 is 0 Å². The summed E-state index contributed by atoms with van der Waals surface area (Å²) >= 11 is 0. The van der Waals surface area contributed by atoms with E-state index in [2.05, 4.69) is 6.92 Å². The first-order chi connectivity index (χ1) is 10.1. The first kappa shape index (κ1) is 17.8. The summed E-state index contributed by atoms with van der Waals surface area (Å²) in [5.74, 6) is -0.861. The van der Waals surface area contributed by atoms with Crippen LogP contribution in [0.2, 0.25) is 0 Å². The van der Waals surface area contributed by atoms with E-state index in [1.54, 1.807) is 6.07 Å². The molecule has 0 aromatic carbocycles. The molecule has 120 valence electrons. The number of carboxylic acids is 1. The highest BCUT2D eigenvalue weighted by Gasteiger charge is 2.15. The number of carboxylic acid groups (broad SMARTS) is 1. The van der Waals surface area contributed by atoms with Gasteiger partial charge in [0, 0.05) is 0 Å². The SMILES string of the molecule is CCCCCCCCCCCC(O)c1ccc(C(=O)O)o1. The van der Waals surface area contributed by atoms with Gasteiger partial charge < -0.3 is 14.6 Å². The maximum Gasteiger partial charge on any atom is 0.371 e. The molecule has 0 saturated carbocycles. The fourth-order valence-electron chi connectivity index (χ4n) is 2.44. The minimum absolute atomic E-state index is 0.115. The standard InChI is InChI=1S/C17H28O4/c1-2-3-4-5-6-7-8-9-10-11-14(18)15-12-13-16(21-15)17(19)20/h12-14,18H,2-11H2,1H3,(H,19,20). The lowest BCUT2D eigenvalue weighted by Crippen LogP contribution is -1.96. The molecule has 0 radical (unpaired) electrons. The van der Waals surface area contributed by atoms with Gasteiger partial charge in [-0.15, -0.1) is 0 Å². The van der Waals surface area contributed by atoms with Crippen molar-refractivity contribution >= 4 is 5.97 Å². The lowest BCUT2D eigenvalue weighted by molar-refractivity contribution is 0.0649. The van der Waals surface area contributed by atoms with Gasteiger partial charge in [0.25, 0.3) is 0 Å². The largest absolute Gasteiger partial charge is 0.475 e. The predicted molar refractivity (Wildman–Crippen MR) is 82.5 cm³/mol. The molecule has 0 aliphatic rings. The zero-order valence-electron chi connectivity index (χ0n) is 13.0. The van der Waals surface area contributed by atoms with Gasteiger partial charge in [0.05, 0.1) is 0 Å². The first-order valence-corrected chi connectivity index (χ1v) is 8.16. The third kappa shape index (κ3) is 7.32. The van der Waals surface area contributed by atoms with Crippen LogP contribution in [0, 0.1) is 0 Å². The number of unbranched alkanes of at least 4 members (excludes halogenated alkanes) is 8. The Morgan fingerprint density at radius 1 is 1.05 bits per heavy atom. The molecule has 1 atom stereocenters. The van der Waals surface area contributed by atoms with Crippen LogP contribution in [0.1, 0.15) is 93.6 Å². The van der Waals surface area contributed by atoms with Crippen LogP contribution in [0.15, 0.2) is 16.5 Å². The quantitative estimate of drug-likeness (QED) is 0.536. The summed E-state index contributed by atoms with van der Waals surface area (Å²) < 4.78 is 5.09. The Labute approximate surface area is 127 Å². The summed E-state index contributed by atoms with van der Waals surface area (Å²) in [6, 6.07) is 2.93. The molecule has 4 nitrogen and oxygen atoms in total. The number of hydrogen-bond acceptors (Lipinski definition) is 3. The Balaban J connectivity index is 2.05. The average Bonchev–Trinajstić information content (AvgIpc) is 2.95. The van der Waals surface area contributed by atoms with Gasteiger partial charge in [0.2, 0.25) is 5.76 Å². The van der Waals surface area contributed by atoms with E-state index in [-0.39, 0.29) is 5.76 Å². The van der Waals surface area contributed by atoms with E-state index in [0.29, 0.717) is 12.2 Å². The van der Waals surface area contributed by atoms with Crippen molar-refractivity contribution in [2.45, 2.75) is 77.2 Å². The summed E-state index contributed by atoms with van der Waals surface area (Å²) in [4.78, 5) is 10.7. The first-order valence-electron chi connectivity index (χ1n) is 8.16. The molecule has 4 heteroatoms. The smallest absolute Gasteiger partial charge is 0.371 e. The topological polar surface area (TPSA) is 70.7 Å². The van der Waals surface area contributed by atoms with Gasteiger partial charge in [-0.3, -0.25) is 0 Å². The summed E-state index contributed by atoms with van der Waals surface area (Å²) in [7, 11) is 0. The second-order valence-electron chi connectivity index (χ2n) is 5.64. The molecule has 0 aliphatic heterocycles. The van der Waals surface area contributed by atoms with Crippen molar-refractivity contribution in [3.05, 3.63) is 23.7 Å².